The quantitative estimate of drug-likeness (QED) is 0.398. The number of nitrogens with zero attached hydrogens (tertiary/aromatic N) is 1. The third-order valence-electron chi connectivity index (χ3n) is 5.43. The highest BCUT2D eigenvalue weighted by atomic mass is 16.2. The predicted octanol–water partition coefficient (Wildman–Crippen LogP) is 6.11. The maximum Gasteiger partial charge on any atom is 0.232 e. The summed E-state index contributed by atoms with van der Waals surface area (Å²) in [5.74, 6) is 0.927. The summed E-state index contributed by atoms with van der Waals surface area (Å²) in [5, 5.41) is 0. The van der Waals surface area contributed by atoms with Gasteiger partial charge in [0.2, 0.25) is 11.8 Å². The topological polar surface area (TPSA) is 37.4 Å². The van der Waals surface area contributed by atoms with Crippen LogP contribution in [-0.4, -0.2) is 23.3 Å². The van der Waals surface area contributed by atoms with Crippen LogP contribution in [0.2, 0.25) is 0 Å². The summed E-state index contributed by atoms with van der Waals surface area (Å²) < 4.78 is 0. The van der Waals surface area contributed by atoms with Gasteiger partial charge in [0.1, 0.15) is 0 Å². The Bertz CT molecular complexity index is 372. The Hall–Kier alpha value is -0.860. The highest BCUT2D eigenvalue weighted by Crippen LogP contribution is 2.26. The molecule has 0 radical (unpaired) electrons. The van der Waals surface area contributed by atoms with Crippen LogP contribution in [0, 0.1) is 11.8 Å². The monoisotopic (exact) mass is 351 g/mol. The molecule has 1 fully saturated rings. The van der Waals surface area contributed by atoms with Crippen molar-refractivity contribution in [3.05, 3.63) is 0 Å². The van der Waals surface area contributed by atoms with Crippen LogP contribution in [0.15, 0.2) is 0 Å². The third kappa shape index (κ3) is 9.42. The van der Waals surface area contributed by atoms with Crippen molar-refractivity contribution in [2.24, 2.45) is 11.8 Å². The van der Waals surface area contributed by atoms with E-state index in [1.165, 1.54) is 32.1 Å². The third-order valence-corrected chi connectivity index (χ3v) is 5.43. The van der Waals surface area contributed by atoms with Gasteiger partial charge in [0.05, 0.1) is 0 Å². The van der Waals surface area contributed by atoms with Crippen LogP contribution in [-0.2, 0) is 9.59 Å². The highest BCUT2D eigenvalue weighted by molar-refractivity contribution is 5.96. The van der Waals surface area contributed by atoms with Crippen LogP contribution in [0.25, 0.3) is 0 Å². The van der Waals surface area contributed by atoms with Gasteiger partial charge in [-0.3, -0.25) is 14.5 Å². The molecule has 0 aliphatic heterocycles. The Kier molecular flexibility index (Phi) is 11.9. The van der Waals surface area contributed by atoms with Gasteiger partial charge in [-0.25, -0.2) is 0 Å². The van der Waals surface area contributed by atoms with E-state index in [1.54, 1.807) is 4.90 Å². The number of unbranched alkanes of at least 4 members (excludes halogenated alkanes) is 5. The fourth-order valence-corrected chi connectivity index (χ4v) is 3.78. The van der Waals surface area contributed by atoms with Crippen molar-refractivity contribution in [3.8, 4) is 0 Å². The van der Waals surface area contributed by atoms with Crippen LogP contribution in [0.3, 0.4) is 0 Å². The van der Waals surface area contributed by atoms with Gasteiger partial charge in [-0.2, -0.15) is 0 Å². The second kappa shape index (κ2) is 13.4. The summed E-state index contributed by atoms with van der Waals surface area (Å²) >= 11 is 0. The van der Waals surface area contributed by atoms with Crippen LogP contribution in [0.1, 0.15) is 111 Å². The predicted molar refractivity (Wildman–Crippen MR) is 105 cm³/mol. The van der Waals surface area contributed by atoms with E-state index in [1.807, 2.05) is 0 Å². The first-order chi connectivity index (χ1) is 12.1. The molecule has 2 amide bonds. The average molecular weight is 352 g/mol. The lowest BCUT2D eigenvalue weighted by Crippen LogP contribution is -2.42. The molecule has 0 N–H and O–H groups in total. The van der Waals surface area contributed by atoms with Crippen molar-refractivity contribution in [1.82, 2.24) is 4.90 Å². The van der Waals surface area contributed by atoms with E-state index < -0.39 is 0 Å². The van der Waals surface area contributed by atoms with Gasteiger partial charge >= 0.3 is 0 Å². The van der Waals surface area contributed by atoms with Gasteiger partial charge in [-0.1, -0.05) is 72.1 Å². The molecule has 0 heterocycles. The summed E-state index contributed by atoms with van der Waals surface area (Å²) in [4.78, 5) is 27.2. The van der Waals surface area contributed by atoms with Crippen LogP contribution in [0.4, 0.5) is 0 Å². The maximum atomic E-state index is 12.9. The molecule has 0 bridgehead atoms. The number of carbonyl (C=O) groups excluding carboxylic acids is 2. The molecule has 0 aromatic carbocycles. The molecule has 1 aliphatic rings. The van der Waals surface area contributed by atoms with Crippen molar-refractivity contribution < 1.29 is 9.59 Å². The smallest absolute Gasteiger partial charge is 0.232 e. The molecule has 25 heavy (non-hydrogen) atoms. The maximum absolute atomic E-state index is 12.9. The van der Waals surface area contributed by atoms with Crippen LogP contribution in [0.5, 0.6) is 0 Å². The molecule has 0 unspecified atom stereocenters. The van der Waals surface area contributed by atoms with E-state index in [0.717, 1.165) is 51.4 Å². The molecule has 146 valence electrons. The van der Waals surface area contributed by atoms with E-state index in [9.17, 15) is 9.59 Å². The van der Waals surface area contributed by atoms with E-state index in [-0.39, 0.29) is 17.7 Å². The number of hydrogen-bond acceptors (Lipinski definition) is 2. The van der Waals surface area contributed by atoms with E-state index in [4.69, 9.17) is 0 Å². The molecule has 3 heteroatoms. The SMILES string of the molecule is CCCCCCCCC(=O)N(CCCC(C)C)C(=O)C1CCCCC1. The van der Waals surface area contributed by atoms with Crippen molar-refractivity contribution >= 4 is 11.8 Å². The molecule has 0 saturated heterocycles. The summed E-state index contributed by atoms with van der Waals surface area (Å²) in [6.45, 7) is 7.24. The highest BCUT2D eigenvalue weighted by Gasteiger charge is 2.29. The molecular formula is C22H41NO2. The molecule has 0 aromatic heterocycles. The second-order valence-corrected chi connectivity index (χ2v) is 8.27. The number of hydrogen-bond donors (Lipinski definition) is 0. The van der Waals surface area contributed by atoms with Gasteiger partial charge in [-0.05, 0) is 38.0 Å². The van der Waals surface area contributed by atoms with Gasteiger partial charge in [-0.15, -0.1) is 0 Å². The lowest BCUT2D eigenvalue weighted by atomic mass is 9.88. The van der Waals surface area contributed by atoms with Crippen molar-refractivity contribution in [2.75, 3.05) is 6.54 Å². The van der Waals surface area contributed by atoms with Crippen LogP contribution < -0.4 is 0 Å². The number of imide groups is 1. The standard InChI is InChI=1S/C22H41NO2/c1-4-5-6-7-8-12-17-21(24)23(18-13-14-19(2)3)22(25)20-15-10-9-11-16-20/h19-20H,4-18H2,1-3H3. The van der Waals surface area contributed by atoms with E-state index >= 15 is 0 Å². The number of rotatable bonds is 12. The fraction of sp³-hybridized carbons (Fsp3) is 0.909. The van der Waals surface area contributed by atoms with Gasteiger partial charge in [0.25, 0.3) is 0 Å². The van der Waals surface area contributed by atoms with Gasteiger partial charge < -0.3 is 0 Å². The Labute approximate surface area is 155 Å². The zero-order chi connectivity index (χ0) is 18.5. The summed E-state index contributed by atoms with van der Waals surface area (Å²) in [5.41, 5.74) is 0. The molecule has 0 spiro atoms. The molecule has 0 aromatic rings. The van der Waals surface area contributed by atoms with E-state index in [0.29, 0.717) is 18.9 Å². The summed E-state index contributed by atoms with van der Waals surface area (Å²) in [7, 11) is 0. The molecule has 1 aliphatic carbocycles. The Morgan fingerprint density at radius 1 is 0.920 bits per heavy atom. The van der Waals surface area contributed by atoms with E-state index in [2.05, 4.69) is 20.8 Å². The van der Waals surface area contributed by atoms with Gasteiger partial charge in [0.15, 0.2) is 0 Å². The first-order valence-corrected chi connectivity index (χ1v) is 10.9. The molecule has 1 rings (SSSR count). The molecule has 3 nitrogen and oxygen atoms in total. The first kappa shape index (κ1) is 22.2. The van der Waals surface area contributed by atoms with Crippen LogP contribution >= 0.6 is 0 Å². The van der Waals surface area contributed by atoms with Crippen molar-refractivity contribution in [2.45, 2.75) is 111 Å². The summed E-state index contributed by atoms with van der Waals surface area (Å²) in [6, 6.07) is 0. The average Bonchev–Trinajstić information content (AvgIpc) is 2.61. The normalized spacial score (nSPS) is 15.5. The zero-order valence-corrected chi connectivity index (χ0v) is 17.0. The minimum atomic E-state index is 0.0785. The first-order valence-electron chi connectivity index (χ1n) is 10.9. The van der Waals surface area contributed by atoms with Gasteiger partial charge in [0, 0.05) is 18.9 Å². The molecular weight excluding hydrogens is 310 g/mol. The summed E-state index contributed by atoms with van der Waals surface area (Å²) in [6.07, 6.45) is 15.1. The van der Waals surface area contributed by atoms with Crippen molar-refractivity contribution in [3.63, 3.8) is 0 Å². The Balaban J connectivity index is 2.47. The lowest BCUT2D eigenvalue weighted by molar-refractivity contribution is -0.148. The molecule has 1 saturated carbocycles. The lowest BCUT2D eigenvalue weighted by Gasteiger charge is -2.28. The minimum Gasteiger partial charge on any atom is -0.282 e. The zero-order valence-electron chi connectivity index (χ0n) is 17.0. The van der Waals surface area contributed by atoms with Crippen molar-refractivity contribution in [1.29, 1.82) is 0 Å². The minimum absolute atomic E-state index is 0.0785. The Morgan fingerprint density at radius 3 is 2.20 bits per heavy atom. The number of carbonyl (C=O) groups is 2. The molecule has 0 atom stereocenters. The fourth-order valence-electron chi connectivity index (χ4n) is 3.78. The largest absolute Gasteiger partial charge is 0.282 e. The number of amides is 2. The second-order valence-electron chi connectivity index (χ2n) is 8.27. The Morgan fingerprint density at radius 2 is 1.56 bits per heavy atom.